The topological polar surface area (TPSA) is 72.2 Å². The van der Waals surface area contributed by atoms with Crippen molar-refractivity contribution in [2.75, 3.05) is 0 Å². The first-order valence-corrected chi connectivity index (χ1v) is 8.24. The zero-order valence-corrected chi connectivity index (χ0v) is 12.8. The fraction of sp³-hybridized carbons (Fsp3) is 0.571. The summed E-state index contributed by atoms with van der Waals surface area (Å²) < 4.78 is 27.3. The fourth-order valence-corrected chi connectivity index (χ4v) is 3.49. The van der Waals surface area contributed by atoms with Crippen molar-refractivity contribution in [3.8, 4) is 0 Å². The SMILES string of the molecule is CCCC(CC)NS(=O)(=O)c1ccc(CN)c(C)c1. The van der Waals surface area contributed by atoms with E-state index in [1.807, 2.05) is 13.8 Å². The van der Waals surface area contributed by atoms with Crippen LogP contribution in [0, 0.1) is 6.92 Å². The van der Waals surface area contributed by atoms with Gasteiger partial charge in [-0.15, -0.1) is 0 Å². The molecule has 0 bridgehead atoms. The van der Waals surface area contributed by atoms with E-state index in [9.17, 15) is 8.42 Å². The third-order valence-electron chi connectivity index (χ3n) is 3.30. The molecule has 1 aromatic rings. The highest BCUT2D eigenvalue weighted by Crippen LogP contribution is 2.16. The summed E-state index contributed by atoms with van der Waals surface area (Å²) >= 11 is 0. The second-order valence-electron chi connectivity index (χ2n) is 4.81. The van der Waals surface area contributed by atoms with Crippen LogP contribution in [0.5, 0.6) is 0 Å². The summed E-state index contributed by atoms with van der Waals surface area (Å²) in [5, 5.41) is 0. The number of sulfonamides is 1. The Morgan fingerprint density at radius 1 is 1.32 bits per heavy atom. The van der Waals surface area contributed by atoms with Gasteiger partial charge in [0.15, 0.2) is 0 Å². The van der Waals surface area contributed by atoms with E-state index in [1.165, 1.54) is 0 Å². The Kier molecular flexibility index (Phi) is 5.97. The Labute approximate surface area is 116 Å². The fourth-order valence-electron chi connectivity index (χ4n) is 2.05. The number of hydrogen-bond donors (Lipinski definition) is 2. The molecule has 1 atom stereocenters. The number of nitrogens with one attached hydrogen (secondary N) is 1. The van der Waals surface area contributed by atoms with Crippen molar-refractivity contribution in [3.05, 3.63) is 29.3 Å². The second-order valence-corrected chi connectivity index (χ2v) is 6.52. The Bertz CT molecular complexity index is 512. The first-order chi connectivity index (χ1) is 8.94. The first-order valence-electron chi connectivity index (χ1n) is 6.76. The van der Waals surface area contributed by atoms with Gasteiger partial charge in [0, 0.05) is 12.6 Å². The Morgan fingerprint density at radius 3 is 2.47 bits per heavy atom. The average molecular weight is 284 g/mol. The molecule has 1 unspecified atom stereocenters. The van der Waals surface area contributed by atoms with E-state index >= 15 is 0 Å². The highest BCUT2D eigenvalue weighted by Gasteiger charge is 2.19. The van der Waals surface area contributed by atoms with E-state index in [1.54, 1.807) is 18.2 Å². The second kappa shape index (κ2) is 7.03. The average Bonchev–Trinajstić information content (AvgIpc) is 2.37. The largest absolute Gasteiger partial charge is 0.326 e. The van der Waals surface area contributed by atoms with Gasteiger partial charge in [0.1, 0.15) is 0 Å². The molecule has 0 saturated heterocycles. The summed E-state index contributed by atoms with van der Waals surface area (Å²) in [4.78, 5) is 0.316. The normalized spacial score (nSPS) is 13.5. The van der Waals surface area contributed by atoms with Gasteiger partial charge in [-0.25, -0.2) is 13.1 Å². The summed E-state index contributed by atoms with van der Waals surface area (Å²) in [5.74, 6) is 0. The molecular formula is C14H24N2O2S. The van der Waals surface area contributed by atoms with Crippen LogP contribution in [0.1, 0.15) is 44.2 Å². The van der Waals surface area contributed by atoms with Crippen molar-refractivity contribution >= 4 is 10.0 Å². The summed E-state index contributed by atoms with van der Waals surface area (Å²) in [5.41, 5.74) is 7.47. The summed E-state index contributed by atoms with van der Waals surface area (Å²) in [6.45, 7) is 6.35. The summed E-state index contributed by atoms with van der Waals surface area (Å²) in [6, 6.07) is 5.09. The van der Waals surface area contributed by atoms with E-state index in [0.29, 0.717) is 11.4 Å². The maximum absolute atomic E-state index is 12.3. The van der Waals surface area contributed by atoms with Crippen LogP contribution < -0.4 is 10.5 Å². The monoisotopic (exact) mass is 284 g/mol. The van der Waals surface area contributed by atoms with Gasteiger partial charge < -0.3 is 5.73 Å². The van der Waals surface area contributed by atoms with Gasteiger partial charge in [-0.2, -0.15) is 0 Å². The van der Waals surface area contributed by atoms with Crippen molar-refractivity contribution in [2.24, 2.45) is 5.73 Å². The molecule has 0 aliphatic rings. The number of nitrogens with two attached hydrogens (primary N) is 1. The third-order valence-corrected chi connectivity index (χ3v) is 4.81. The molecule has 0 spiro atoms. The lowest BCUT2D eigenvalue weighted by atomic mass is 10.1. The lowest BCUT2D eigenvalue weighted by Crippen LogP contribution is -2.34. The molecule has 0 fully saturated rings. The van der Waals surface area contributed by atoms with Crippen LogP contribution in [0.25, 0.3) is 0 Å². The van der Waals surface area contributed by atoms with Crippen LogP contribution >= 0.6 is 0 Å². The molecule has 0 aliphatic carbocycles. The minimum atomic E-state index is -3.43. The number of hydrogen-bond acceptors (Lipinski definition) is 3. The minimum absolute atomic E-state index is 0.00416. The van der Waals surface area contributed by atoms with Crippen LogP contribution in [0.4, 0.5) is 0 Å². The van der Waals surface area contributed by atoms with Crippen LogP contribution in [-0.2, 0) is 16.6 Å². The van der Waals surface area contributed by atoms with Crippen molar-refractivity contribution in [1.29, 1.82) is 0 Å². The lowest BCUT2D eigenvalue weighted by molar-refractivity contribution is 0.512. The maximum atomic E-state index is 12.3. The predicted octanol–water partition coefficient (Wildman–Crippen LogP) is 2.31. The summed E-state index contributed by atoms with van der Waals surface area (Å²) in [7, 11) is -3.43. The third kappa shape index (κ3) is 4.30. The maximum Gasteiger partial charge on any atom is 0.240 e. The molecule has 0 aliphatic heterocycles. The van der Waals surface area contributed by atoms with Crippen molar-refractivity contribution < 1.29 is 8.42 Å². The Morgan fingerprint density at radius 2 is 2.00 bits per heavy atom. The highest BCUT2D eigenvalue weighted by molar-refractivity contribution is 7.89. The number of aryl methyl sites for hydroxylation is 1. The molecule has 0 amide bonds. The van der Waals surface area contributed by atoms with Gasteiger partial charge in [0.05, 0.1) is 4.90 Å². The number of rotatable bonds is 7. The molecular weight excluding hydrogens is 260 g/mol. The molecule has 108 valence electrons. The molecule has 19 heavy (non-hydrogen) atoms. The van der Waals surface area contributed by atoms with Crippen molar-refractivity contribution in [2.45, 2.75) is 57.5 Å². The predicted molar refractivity (Wildman–Crippen MR) is 78.4 cm³/mol. The first kappa shape index (κ1) is 16.1. The van der Waals surface area contributed by atoms with E-state index in [2.05, 4.69) is 11.6 Å². The molecule has 5 heteroatoms. The van der Waals surface area contributed by atoms with Crippen molar-refractivity contribution in [3.63, 3.8) is 0 Å². The van der Waals surface area contributed by atoms with Crippen LogP contribution in [0.3, 0.4) is 0 Å². The zero-order chi connectivity index (χ0) is 14.5. The molecule has 0 radical (unpaired) electrons. The molecule has 4 nitrogen and oxygen atoms in total. The van der Waals surface area contributed by atoms with E-state index < -0.39 is 10.0 Å². The number of benzene rings is 1. The molecule has 3 N–H and O–H groups in total. The van der Waals surface area contributed by atoms with Gasteiger partial charge in [0.25, 0.3) is 0 Å². The van der Waals surface area contributed by atoms with E-state index in [4.69, 9.17) is 5.73 Å². The highest BCUT2D eigenvalue weighted by atomic mass is 32.2. The van der Waals surface area contributed by atoms with Crippen LogP contribution in [0.2, 0.25) is 0 Å². The molecule has 0 heterocycles. The van der Waals surface area contributed by atoms with Gasteiger partial charge in [-0.05, 0) is 43.0 Å². The van der Waals surface area contributed by atoms with Crippen LogP contribution in [0.15, 0.2) is 23.1 Å². The summed E-state index contributed by atoms with van der Waals surface area (Å²) in [6.07, 6.45) is 2.62. The molecule has 1 aromatic carbocycles. The van der Waals surface area contributed by atoms with E-state index in [-0.39, 0.29) is 6.04 Å². The molecule has 1 rings (SSSR count). The van der Waals surface area contributed by atoms with E-state index in [0.717, 1.165) is 30.4 Å². The Balaban J connectivity index is 2.96. The van der Waals surface area contributed by atoms with Gasteiger partial charge in [-0.3, -0.25) is 0 Å². The standard InChI is InChI=1S/C14H24N2O2S/c1-4-6-13(5-2)16-19(17,18)14-8-7-12(10-15)11(3)9-14/h7-9,13,16H,4-6,10,15H2,1-3H3. The van der Waals surface area contributed by atoms with Crippen LogP contribution in [-0.4, -0.2) is 14.5 Å². The Hall–Kier alpha value is -0.910. The van der Waals surface area contributed by atoms with Gasteiger partial charge in [0.2, 0.25) is 10.0 Å². The smallest absolute Gasteiger partial charge is 0.240 e. The quantitative estimate of drug-likeness (QED) is 0.807. The van der Waals surface area contributed by atoms with Gasteiger partial charge in [-0.1, -0.05) is 26.3 Å². The zero-order valence-electron chi connectivity index (χ0n) is 11.9. The molecule has 0 saturated carbocycles. The lowest BCUT2D eigenvalue weighted by Gasteiger charge is -2.17. The minimum Gasteiger partial charge on any atom is -0.326 e. The van der Waals surface area contributed by atoms with Gasteiger partial charge >= 0.3 is 0 Å². The van der Waals surface area contributed by atoms with Crippen molar-refractivity contribution in [1.82, 2.24) is 4.72 Å². The molecule has 0 aromatic heterocycles.